The summed E-state index contributed by atoms with van der Waals surface area (Å²) in [6, 6.07) is 16.3. The predicted molar refractivity (Wildman–Crippen MR) is 328 cm³/mol. The Bertz CT molecular complexity index is 3850. The molecule has 2 fully saturated rings. The van der Waals surface area contributed by atoms with Gasteiger partial charge in [0.1, 0.15) is 28.7 Å². The minimum absolute atomic E-state index is 0.0261. The molecular weight excluding hydrogens is 1120 g/mol. The minimum atomic E-state index is -4.22. The average molecular weight is 1200 g/mol. The van der Waals surface area contributed by atoms with E-state index < -0.39 is 10.0 Å². The number of anilines is 4. The van der Waals surface area contributed by atoms with Crippen molar-refractivity contribution in [2.75, 3.05) is 95.2 Å². The van der Waals surface area contributed by atoms with E-state index in [1.165, 1.54) is 48.5 Å². The number of piperazine rings is 1. The van der Waals surface area contributed by atoms with E-state index in [4.69, 9.17) is 28.7 Å². The molecule has 1 aliphatic carbocycles. The molecule has 0 radical (unpaired) electrons. The number of pyridine rings is 2. The van der Waals surface area contributed by atoms with Crippen LogP contribution >= 0.6 is 0 Å². The molecule has 0 bridgehead atoms. The van der Waals surface area contributed by atoms with E-state index in [2.05, 4.69) is 30.2 Å². The number of ketones is 1. The second-order valence-corrected chi connectivity index (χ2v) is 23.4. The summed E-state index contributed by atoms with van der Waals surface area (Å²) in [5.74, 6) is 2.43. The van der Waals surface area contributed by atoms with Crippen molar-refractivity contribution < 1.29 is 46.5 Å². The van der Waals surface area contributed by atoms with Crippen LogP contribution in [0.5, 0.6) is 34.5 Å². The Hall–Kier alpha value is -8.71. The lowest BCUT2D eigenvalue weighted by atomic mass is 10.0. The Morgan fingerprint density at radius 3 is 2.16 bits per heavy atom. The zero-order valence-electron chi connectivity index (χ0n) is 50.1. The first kappa shape index (κ1) is 61.8. The van der Waals surface area contributed by atoms with E-state index in [1.54, 1.807) is 68.3 Å². The fraction of sp³-hybridized carbons (Fsp3) is 0.443. The average Bonchev–Trinajstić information content (AvgIpc) is 1.43. The summed E-state index contributed by atoms with van der Waals surface area (Å²) in [5, 5.41) is 6.81. The number of amides is 2. The van der Waals surface area contributed by atoms with Gasteiger partial charge in [0.25, 0.3) is 15.6 Å². The van der Waals surface area contributed by atoms with Gasteiger partial charge in [-0.05, 0) is 102 Å². The van der Waals surface area contributed by atoms with Crippen LogP contribution in [-0.4, -0.2) is 145 Å². The number of Topliss-reactive ketones (excluding diaryl/α,β-unsaturated/α-hetero) is 1. The maximum atomic E-state index is 13.9. The molecule has 5 heterocycles. The van der Waals surface area contributed by atoms with Gasteiger partial charge in [0.2, 0.25) is 17.8 Å². The molecular formula is C61H76N12O12S. The second-order valence-electron chi connectivity index (χ2n) is 21.7. The van der Waals surface area contributed by atoms with Gasteiger partial charge in [-0.15, -0.1) is 0 Å². The second kappa shape index (κ2) is 27.5. The molecule has 0 atom stereocenters. The number of aromatic nitrogens is 6. The van der Waals surface area contributed by atoms with Gasteiger partial charge in [-0.1, -0.05) is 19.8 Å². The number of unbranched alkanes of at least 4 members (excludes halogenated alkanes) is 1. The molecule has 0 spiro atoms. The first-order chi connectivity index (χ1) is 41.4. The number of likely N-dealkylation sites (N-methyl/N-ethyl adjacent to an activating group) is 1. The Morgan fingerprint density at radius 1 is 0.791 bits per heavy atom. The largest absolute Gasteiger partial charge is 0.493 e. The Kier molecular flexibility index (Phi) is 19.8. The standard InChI is InChI=1S/C61H76N12O12S/c1-9-28-83-43-30-44(32-45(31-43)85-52-35-50-49(69(5)61(78)70(50)6)34-48(52)67-86(79,80)46-19-20-51(81-7)53(33-46)82-8)84-29-13-12-23-68(4)38-55(75)62-22-14-17-56(76)72-26-24-71(25-27-72)42-18-21-54(63-36-42)65-60-64-37-47-39(2)57(40(3)74)59(77)73(58(47)66-60)41-15-10-11-16-41/h18-21,30-37,41,67H,9-17,22-29,38H2,1-8H3,(H,62,75)(H,63,64,65,66). The number of sulfonamides is 1. The number of benzene rings is 3. The third kappa shape index (κ3) is 14.3. The number of imidazole rings is 1. The minimum Gasteiger partial charge on any atom is -0.493 e. The van der Waals surface area contributed by atoms with Gasteiger partial charge in [-0.25, -0.2) is 23.2 Å². The lowest BCUT2D eigenvalue weighted by molar-refractivity contribution is -0.131. The lowest BCUT2D eigenvalue weighted by Gasteiger charge is -2.36. The Labute approximate surface area is 499 Å². The smallest absolute Gasteiger partial charge is 0.328 e. The third-order valence-corrected chi connectivity index (χ3v) is 16.9. The van der Waals surface area contributed by atoms with Crippen LogP contribution in [0.1, 0.15) is 93.6 Å². The molecule has 7 aromatic rings. The molecule has 0 unspecified atom stereocenters. The van der Waals surface area contributed by atoms with E-state index >= 15 is 0 Å². The van der Waals surface area contributed by atoms with E-state index in [0.717, 1.165) is 44.2 Å². The quantitative estimate of drug-likeness (QED) is 0.0333. The number of carbonyl (C=O) groups is 3. The first-order valence-electron chi connectivity index (χ1n) is 29.0. The van der Waals surface area contributed by atoms with Crippen LogP contribution in [-0.2, 0) is 33.7 Å². The maximum Gasteiger partial charge on any atom is 0.328 e. The van der Waals surface area contributed by atoms with Crippen molar-refractivity contribution in [1.82, 2.24) is 43.8 Å². The summed E-state index contributed by atoms with van der Waals surface area (Å²) in [5.41, 5.74) is 2.64. The van der Waals surface area contributed by atoms with Gasteiger partial charge < -0.3 is 44.1 Å². The summed E-state index contributed by atoms with van der Waals surface area (Å²) in [4.78, 5) is 85.0. The molecule has 86 heavy (non-hydrogen) atoms. The number of hydrogen-bond acceptors (Lipinski definition) is 18. The monoisotopic (exact) mass is 1200 g/mol. The van der Waals surface area contributed by atoms with Crippen molar-refractivity contribution in [3.8, 4) is 34.5 Å². The number of fused-ring (bicyclic) bond motifs is 2. The van der Waals surface area contributed by atoms with Gasteiger partial charge in [-0.2, -0.15) is 4.98 Å². The number of carbonyl (C=O) groups excluding carboxylic acids is 3. The van der Waals surface area contributed by atoms with E-state index in [1.807, 2.05) is 35.9 Å². The van der Waals surface area contributed by atoms with Gasteiger partial charge in [0.05, 0.1) is 73.0 Å². The SMILES string of the molecule is CCCOc1cc(OCCCCN(C)CC(=O)NCCCC(=O)N2CCN(c3ccc(Nc4ncc5c(C)c(C(C)=O)c(=O)n(C6CCCC6)c5n4)nc3)CC2)cc(Oc2cc3c(cc2NS(=O)(=O)c2ccc(OC)c(OC)c2)n(C)c(=O)n3C)c1. The Balaban J connectivity index is 0.703. The molecule has 4 aromatic heterocycles. The molecule has 1 saturated carbocycles. The van der Waals surface area contributed by atoms with Gasteiger partial charge in [0, 0.05) is 101 Å². The molecule has 24 nitrogen and oxygen atoms in total. The number of ether oxygens (including phenoxy) is 5. The highest BCUT2D eigenvalue weighted by atomic mass is 32.2. The zero-order chi connectivity index (χ0) is 61.2. The zero-order valence-corrected chi connectivity index (χ0v) is 50.9. The van der Waals surface area contributed by atoms with Crippen LogP contribution in [0.25, 0.3) is 22.1 Å². The maximum absolute atomic E-state index is 13.9. The van der Waals surface area contributed by atoms with Crippen LogP contribution in [0.4, 0.5) is 23.1 Å². The molecule has 2 aliphatic rings. The fourth-order valence-electron chi connectivity index (χ4n) is 11.0. The van der Waals surface area contributed by atoms with Crippen molar-refractivity contribution in [1.29, 1.82) is 0 Å². The van der Waals surface area contributed by atoms with Crippen LogP contribution < -0.4 is 55.2 Å². The molecule has 3 aromatic carbocycles. The van der Waals surface area contributed by atoms with Crippen LogP contribution in [0.15, 0.2) is 87.5 Å². The molecule has 9 rings (SSSR count). The number of nitrogens with one attached hydrogen (secondary N) is 3. The topological polar surface area (TPSA) is 265 Å². The molecule has 25 heteroatoms. The van der Waals surface area contributed by atoms with Gasteiger partial charge >= 0.3 is 5.69 Å². The number of nitrogens with zero attached hydrogens (tertiary/aromatic N) is 9. The summed E-state index contributed by atoms with van der Waals surface area (Å²) < 4.78 is 64.3. The highest BCUT2D eigenvalue weighted by molar-refractivity contribution is 7.92. The summed E-state index contributed by atoms with van der Waals surface area (Å²) in [6.07, 6.45) is 10.2. The molecule has 458 valence electrons. The van der Waals surface area contributed by atoms with Crippen LogP contribution in [0.2, 0.25) is 0 Å². The summed E-state index contributed by atoms with van der Waals surface area (Å²) >= 11 is 0. The molecule has 1 saturated heterocycles. The fourth-order valence-corrected chi connectivity index (χ4v) is 12.0. The Morgan fingerprint density at radius 2 is 1.49 bits per heavy atom. The number of aryl methyl sites for hydroxylation is 3. The van der Waals surface area contributed by atoms with Crippen LogP contribution in [0, 0.1) is 6.92 Å². The highest BCUT2D eigenvalue weighted by Crippen LogP contribution is 2.39. The van der Waals surface area contributed by atoms with Crippen molar-refractivity contribution in [2.24, 2.45) is 14.1 Å². The number of hydrogen-bond donors (Lipinski definition) is 3. The lowest BCUT2D eigenvalue weighted by Crippen LogP contribution is -2.48. The number of rotatable bonds is 27. The molecule has 1 aliphatic heterocycles. The van der Waals surface area contributed by atoms with Gasteiger partial charge in [0.15, 0.2) is 23.0 Å². The van der Waals surface area contributed by atoms with Gasteiger partial charge in [-0.3, -0.25) is 42.5 Å². The number of methoxy groups -OCH3 is 2. The molecule has 3 N–H and O–H groups in total. The van der Waals surface area contributed by atoms with Crippen molar-refractivity contribution in [3.05, 3.63) is 105 Å². The summed E-state index contributed by atoms with van der Waals surface area (Å²) in [7, 11) is 3.74. The van der Waals surface area contributed by atoms with Crippen LogP contribution in [0.3, 0.4) is 0 Å². The van der Waals surface area contributed by atoms with Crippen molar-refractivity contribution in [2.45, 2.75) is 89.5 Å². The predicted octanol–water partition coefficient (Wildman–Crippen LogP) is 7.48. The van der Waals surface area contributed by atoms with Crippen molar-refractivity contribution in [3.63, 3.8) is 0 Å². The molecule has 2 amide bonds. The van der Waals surface area contributed by atoms with E-state index in [0.29, 0.717) is 134 Å². The van der Waals surface area contributed by atoms with E-state index in [9.17, 15) is 32.4 Å². The van der Waals surface area contributed by atoms with E-state index in [-0.39, 0.29) is 69.1 Å². The highest BCUT2D eigenvalue weighted by Gasteiger charge is 2.28. The normalized spacial score (nSPS) is 13.8. The van der Waals surface area contributed by atoms with Crippen molar-refractivity contribution >= 4 is 72.8 Å². The summed E-state index contributed by atoms with van der Waals surface area (Å²) in [6.45, 7) is 9.56. The first-order valence-corrected chi connectivity index (χ1v) is 30.5. The third-order valence-electron chi connectivity index (χ3n) is 15.6.